The number of ether oxygens (including phenoxy) is 1. The first-order valence-corrected chi connectivity index (χ1v) is 7.14. The van der Waals surface area contributed by atoms with E-state index >= 15 is 0 Å². The quantitative estimate of drug-likeness (QED) is 0.825. The molecule has 2 rings (SSSR count). The van der Waals surface area contributed by atoms with Crippen molar-refractivity contribution in [1.29, 1.82) is 0 Å². The predicted octanol–water partition coefficient (Wildman–Crippen LogP) is 0.929. The molecule has 1 N–H and O–H groups in total. The molecule has 0 aromatic carbocycles. The molecular formula is C14H24N2O3. The van der Waals surface area contributed by atoms with Crippen LogP contribution in [0.1, 0.15) is 39.5 Å². The van der Waals surface area contributed by atoms with E-state index in [-0.39, 0.29) is 17.7 Å². The molecule has 0 aromatic rings. The van der Waals surface area contributed by atoms with Crippen LogP contribution in [0.2, 0.25) is 0 Å². The summed E-state index contributed by atoms with van der Waals surface area (Å²) in [5.74, 6) is 0.188. The highest BCUT2D eigenvalue weighted by atomic mass is 16.5. The average Bonchev–Trinajstić information content (AvgIpc) is 2.84. The van der Waals surface area contributed by atoms with Gasteiger partial charge in [-0.1, -0.05) is 26.7 Å². The van der Waals surface area contributed by atoms with E-state index < -0.39 is 11.6 Å². The molecule has 1 saturated carbocycles. The Morgan fingerprint density at radius 1 is 1.37 bits per heavy atom. The minimum absolute atomic E-state index is 0.0272. The van der Waals surface area contributed by atoms with Gasteiger partial charge in [-0.15, -0.1) is 0 Å². The van der Waals surface area contributed by atoms with Gasteiger partial charge in [0, 0.05) is 13.7 Å². The summed E-state index contributed by atoms with van der Waals surface area (Å²) in [4.78, 5) is 26.9. The molecule has 0 bridgehead atoms. The molecule has 1 aliphatic heterocycles. The van der Waals surface area contributed by atoms with E-state index in [0.29, 0.717) is 13.2 Å². The summed E-state index contributed by atoms with van der Waals surface area (Å²) in [5, 5.41) is 2.93. The molecule has 2 aliphatic rings. The Bertz CT molecular complexity index is 362. The standard InChI is InChI=1S/C14H24N2O3/c1-10(2)11-12(17)16(8-9-19-3)14(13(18)15-11)6-4-5-7-14/h10-11H,4-9H2,1-3H3,(H,15,18). The minimum Gasteiger partial charge on any atom is -0.383 e. The summed E-state index contributed by atoms with van der Waals surface area (Å²) in [6, 6.07) is -0.393. The Hall–Kier alpha value is -1.10. The Morgan fingerprint density at radius 3 is 2.53 bits per heavy atom. The van der Waals surface area contributed by atoms with Crippen LogP contribution in [0.4, 0.5) is 0 Å². The Labute approximate surface area is 114 Å². The first-order valence-electron chi connectivity index (χ1n) is 7.14. The van der Waals surface area contributed by atoms with E-state index in [1.807, 2.05) is 13.8 Å². The second-order valence-corrected chi connectivity index (χ2v) is 5.92. The lowest BCUT2D eigenvalue weighted by atomic mass is 9.87. The van der Waals surface area contributed by atoms with E-state index in [0.717, 1.165) is 25.7 Å². The Balaban J connectivity index is 2.27. The number of amides is 2. The first-order chi connectivity index (χ1) is 9.03. The van der Waals surface area contributed by atoms with Crippen molar-refractivity contribution >= 4 is 11.8 Å². The molecule has 1 atom stereocenters. The highest BCUT2D eigenvalue weighted by Crippen LogP contribution is 2.38. The van der Waals surface area contributed by atoms with E-state index in [1.54, 1.807) is 12.0 Å². The molecule has 0 aromatic heterocycles. The number of nitrogens with one attached hydrogen (secondary N) is 1. The second kappa shape index (κ2) is 5.49. The molecule has 1 heterocycles. The topological polar surface area (TPSA) is 58.6 Å². The van der Waals surface area contributed by atoms with Gasteiger partial charge >= 0.3 is 0 Å². The number of carbonyl (C=O) groups excluding carboxylic acids is 2. The van der Waals surface area contributed by atoms with Crippen LogP contribution in [0.25, 0.3) is 0 Å². The maximum atomic E-state index is 12.6. The molecule has 5 nitrogen and oxygen atoms in total. The summed E-state index contributed by atoms with van der Waals surface area (Å²) in [6.07, 6.45) is 3.57. The summed E-state index contributed by atoms with van der Waals surface area (Å²) >= 11 is 0. The third-order valence-electron chi connectivity index (χ3n) is 4.37. The molecule has 19 heavy (non-hydrogen) atoms. The van der Waals surface area contributed by atoms with Crippen molar-refractivity contribution in [2.45, 2.75) is 51.1 Å². The summed E-state index contributed by atoms with van der Waals surface area (Å²) in [6.45, 7) is 4.91. The number of carbonyl (C=O) groups is 2. The maximum absolute atomic E-state index is 12.6. The number of hydrogen-bond donors (Lipinski definition) is 1. The fourth-order valence-corrected chi connectivity index (χ4v) is 3.25. The summed E-state index contributed by atoms with van der Waals surface area (Å²) < 4.78 is 5.10. The molecular weight excluding hydrogens is 244 g/mol. The molecule has 5 heteroatoms. The molecule has 2 amide bonds. The molecule has 1 unspecified atom stereocenters. The molecule has 108 valence electrons. The van der Waals surface area contributed by atoms with Crippen LogP contribution in [-0.4, -0.2) is 48.6 Å². The lowest BCUT2D eigenvalue weighted by molar-refractivity contribution is -0.159. The van der Waals surface area contributed by atoms with Gasteiger partial charge in [-0.3, -0.25) is 9.59 Å². The zero-order chi connectivity index (χ0) is 14.0. The smallest absolute Gasteiger partial charge is 0.246 e. The van der Waals surface area contributed by atoms with Gasteiger partial charge in [-0.2, -0.15) is 0 Å². The van der Waals surface area contributed by atoms with Gasteiger partial charge in [-0.25, -0.2) is 0 Å². The number of hydrogen-bond acceptors (Lipinski definition) is 3. The second-order valence-electron chi connectivity index (χ2n) is 5.92. The van der Waals surface area contributed by atoms with Crippen molar-refractivity contribution in [3.8, 4) is 0 Å². The zero-order valence-electron chi connectivity index (χ0n) is 12.1. The molecule has 0 radical (unpaired) electrons. The van der Waals surface area contributed by atoms with Gasteiger partial charge in [0.25, 0.3) is 0 Å². The zero-order valence-corrected chi connectivity index (χ0v) is 12.1. The van der Waals surface area contributed by atoms with Crippen molar-refractivity contribution in [2.24, 2.45) is 5.92 Å². The average molecular weight is 268 g/mol. The minimum atomic E-state index is -0.610. The molecule has 1 spiro atoms. The lowest BCUT2D eigenvalue weighted by Crippen LogP contribution is -2.71. The van der Waals surface area contributed by atoms with E-state index in [2.05, 4.69) is 5.32 Å². The van der Waals surface area contributed by atoms with Crippen LogP contribution < -0.4 is 5.32 Å². The van der Waals surface area contributed by atoms with Gasteiger partial charge in [0.05, 0.1) is 6.61 Å². The SMILES string of the molecule is COCCN1C(=O)C(C(C)C)NC(=O)C12CCCC2. The summed E-state index contributed by atoms with van der Waals surface area (Å²) in [7, 11) is 1.62. The van der Waals surface area contributed by atoms with Gasteiger partial charge in [0.15, 0.2) is 0 Å². The third kappa shape index (κ3) is 2.36. The largest absolute Gasteiger partial charge is 0.383 e. The highest BCUT2D eigenvalue weighted by Gasteiger charge is 2.53. The van der Waals surface area contributed by atoms with Crippen LogP contribution in [0.3, 0.4) is 0 Å². The van der Waals surface area contributed by atoms with Crippen molar-refractivity contribution in [3.05, 3.63) is 0 Å². The number of rotatable bonds is 4. The Kier molecular flexibility index (Phi) is 4.13. The van der Waals surface area contributed by atoms with Crippen molar-refractivity contribution in [2.75, 3.05) is 20.3 Å². The summed E-state index contributed by atoms with van der Waals surface area (Å²) in [5.41, 5.74) is -0.610. The van der Waals surface area contributed by atoms with Crippen molar-refractivity contribution in [3.63, 3.8) is 0 Å². The lowest BCUT2D eigenvalue weighted by Gasteiger charge is -2.47. The van der Waals surface area contributed by atoms with Crippen LogP contribution >= 0.6 is 0 Å². The fraction of sp³-hybridized carbons (Fsp3) is 0.857. The van der Waals surface area contributed by atoms with Crippen molar-refractivity contribution in [1.82, 2.24) is 10.2 Å². The Morgan fingerprint density at radius 2 is 2.00 bits per heavy atom. The van der Waals surface area contributed by atoms with Gasteiger partial charge in [0.2, 0.25) is 11.8 Å². The van der Waals surface area contributed by atoms with Gasteiger partial charge < -0.3 is 15.0 Å². The van der Waals surface area contributed by atoms with Crippen LogP contribution in [-0.2, 0) is 14.3 Å². The van der Waals surface area contributed by atoms with Gasteiger partial charge in [-0.05, 0) is 18.8 Å². The molecule has 1 saturated heterocycles. The number of methoxy groups -OCH3 is 1. The van der Waals surface area contributed by atoms with E-state index in [4.69, 9.17) is 4.74 Å². The van der Waals surface area contributed by atoms with Crippen LogP contribution in [0.5, 0.6) is 0 Å². The number of nitrogens with zero attached hydrogens (tertiary/aromatic N) is 1. The predicted molar refractivity (Wildman–Crippen MR) is 71.6 cm³/mol. The van der Waals surface area contributed by atoms with Crippen LogP contribution in [0, 0.1) is 5.92 Å². The molecule has 2 fully saturated rings. The van der Waals surface area contributed by atoms with Crippen molar-refractivity contribution < 1.29 is 14.3 Å². The molecule has 1 aliphatic carbocycles. The van der Waals surface area contributed by atoms with E-state index in [1.165, 1.54) is 0 Å². The van der Waals surface area contributed by atoms with Crippen LogP contribution in [0.15, 0.2) is 0 Å². The maximum Gasteiger partial charge on any atom is 0.246 e. The number of piperazine rings is 1. The highest BCUT2D eigenvalue weighted by molar-refractivity contribution is 6.00. The first kappa shape index (κ1) is 14.3. The third-order valence-corrected chi connectivity index (χ3v) is 4.37. The fourth-order valence-electron chi connectivity index (χ4n) is 3.25. The van der Waals surface area contributed by atoms with E-state index in [9.17, 15) is 9.59 Å². The van der Waals surface area contributed by atoms with Gasteiger partial charge in [0.1, 0.15) is 11.6 Å². The normalized spacial score (nSPS) is 26.3. The monoisotopic (exact) mass is 268 g/mol.